The Balaban J connectivity index is 1.82. The Hall–Kier alpha value is -1.55. The van der Waals surface area contributed by atoms with Crippen LogP contribution in [0.2, 0.25) is 5.02 Å². The van der Waals surface area contributed by atoms with E-state index in [-0.39, 0.29) is 17.8 Å². The van der Waals surface area contributed by atoms with Crippen molar-refractivity contribution in [2.45, 2.75) is 19.3 Å². The highest BCUT2D eigenvalue weighted by Crippen LogP contribution is 2.47. The van der Waals surface area contributed by atoms with Crippen LogP contribution < -0.4 is 0 Å². The zero-order chi connectivity index (χ0) is 12.7. The molecule has 1 fully saturated rings. The van der Waals surface area contributed by atoms with Gasteiger partial charge in [-0.05, 0) is 31.5 Å². The molecule has 1 heterocycles. The minimum absolute atomic E-state index is 0.0408. The molecule has 1 saturated carbocycles. The number of nitrogens with one attached hydrogen (secondary N) is 1. The van der Waals surface area contributed by atoms with Crippen LogP contribution in [0.1, 0.15) is 25.1 Å². The van der Waals surface area contributed by atoms with Crippen LogP contribution in [0.25, 0.3) is 11.0 Å². The Morgan fingerprint density at radius 2 is 2.44 bits per heavy atom. The summed E-state index contributed by atoms with van der Waals surface area (Å²) in [6, 6.07) is 5.53. The monoisotopic (exact) mass is 264 g/mol. The quantitative estimate of drug-likeness (QED) is 0.868. The number of carbonyl (C=O) groups is 1. The van der Waals surface area contributed by atoms with Crippen molar-refractivity contribution >= 4 is 28.6 Å². The van der Waals surface area contributed by atoms with E-state index in [4.69, 9.17) is 16.3 Å². The average Bonchev–Trinajstić information content (AvgIpc) is 3.03. The molecule has 1 aromatic heterocycles. The average molecular weight is 265 g/mol. The second-order valence-electron chi connectivity index (χ2n) is 4.48. The summed E-state index contributed by atoms with van der Waals surface area (Å²) in [5.74, 6) is 0.850. The van der Waals surface area contributed by atoms with E-state index in [0.29, 0.717) is 11.6 Å². The number of benzene rings is 1. The maximum atomic E-state index is 11.6. The van der Waals surface area contributed by atoms with Crippen LogP contribution in [0, 0.1) is 5.92 Å². The van der Waals surface area contributed by atoms with Crippen LogP contribution in [0.4, 0.5) is 0 Å². The van der Waals surface area contributed by atoms with Gasteiger partial charge in [0.25, 0.3) is 0 Å². The molecule has 5 heteroatoms. The summed E-state index contributed by atoms with van der Waals surface area (Å²) in [5, 5.41) is 0.676. The minimum Gasteiger partial charge on any atom is -0.466 e. The lowest BCUT2D eigenvalue weighted by Crippen LogP contribution is -2.07. The maximum absolute atomic E-state index is 11.6. The molecule has 2 aromatic rings. The molecule has 0 saturated heterocycles. The van der Waals surface area contributed by atoms with E-state index in [1.807, 2.05) is 25.1 Å². The Kier molecular flexibility index (Phi) is 2.74. The number of rotatable bonds is 3. The number of ether oxygens (including phenoxy) is 1. The standard InChI is InChI=1S/C13H13ClN2O2/c1-2-18-13(17)9-6-8(9)12-15-10-4-3-7(14)5-11(10)16-12/h3-5,8-9H,2,6H2,1H3,(H,15,16)/t8-,9-/m1/s1. The fourth-order valence-corrected chi connectivity index (χ4v) is 2.36. The first-order chi connectivity index (χ1) is 8.69. The molecule has 18 heavy (non-hydrogen) atoms. The number of fused-ring (bicyclic) bond motifs is 1. The normalized spacial score (nSPS) is 22.1. The number of aromatic nitrogens is 2. The molecule has 0 bridgehead atoms. The molecule has 1 aliphatic carbocycles. The van der Waals surface area contributed by atoms with Gasteiger partial charge < -0.3 is 9.72 Å². The van der Waals surface area contributed by atoms with E-state index >= 15 is 0 Å². The second-order valence-corrected chi connectivity index (χ2v) is 4.92. The molecule has 3 rings (SSSR count). The topological polar surface area (TPSA) is 55.0 Å². The molecular formula is C13H13ClN2O2. The first-order valence-electron chi connectivity index (χ1n) is 6.01. The number of esters is 1. The van der Waals surface area contributed by atoms with Gasteiger partial charge in [-0.1, -0.05) is 11.6 Å². The SMILES string of the molecule is CCOC(=O)[C@@H]1C[C@H]1c1nc2ccc(Cl)cc2[nH]1. The van der Waals surface area contributed by atoms with Crippen LogP contribution in [-0.4, -0.2) is 22.5 Å². The minimum atomic E-state index is -0.124. The molecule has 0 unspecified atom stereocenters. The van der Waals surface area contributed by atoms with Crippen LogP contribution in [-0.2, 0) is 9.53 Å². The Morgan fingerprint density at radius 1 is 1.61 bits per heavy atom. The molecule has 1 aromatic carbocycles. The van der Waals surface area contributed by atoms with Gasteiger partial charge in [-0.25, -0.2) is 4.98 Å². The van der Waals surface area contributed by atoms with E-state index in [1.54, 1.807) is 0 Å². The first-order valence-corrected chi connectivity index (χ1v) is 6.38. The summed E-state index contributed by atoms with van der Waals surface area (Å²) in [5.41, 5.74) is 1.79. The summed E-state index contributed by atoms with van der Waals surface area (Å²) in [7, 11) is 0. The summed E-state index contributed by atoms with van der Waals surface area (Å²) in [4.78, 5) is 19.3. The third kappa shape index (κ3) is 1.97. The van der Waals surface area contributed by atoms with Gasteiger partial charge in [-0.15, -0.1) is 0 Å². The van der Waals surface area contributed by atoms with Crippen molar-refractivity contribution in [1.82, 2.24) is 9.97 Å². The molecule has 0 aliphatic heterocycles. The molecular weight excluding hydrogens is 252 g/mol. The third-order valence-corrected chi connectivity index (χ3v) is 3.43. The van der Waals surface area contributed by atoms with Crippen LogP contribution in [0.5, 0.6) is 0 Å². The van der Waals surface area contributed by atoms with E-state index in [9.17, 15) is 4.79 Å². The van der Waals surface area contributed by atoms with Crippen LogP contribution >= 0.6 is 11.6 Å². The van der Waals surface area contributed by atoms with Crippen molar-refractivity contribution in [3.05, 3.63) is 29.0 Å². The maximum Gasteiger partial charge on any atom is 0.309 e. The van der Waals surface area contributed by atoms with Gasteiger partial charge in [-0.3, -0.25) is 4.79 Å². The van der Waals surface area contributed by atoms with Gasteiger partial charge in [0.1, 0.15) is 5.82 Å². The number of halogens is 1. The Morgan fingerprint density at radius 3 is 3.22 bits per heavy atom. The zero-order valence-corrected chi connectivity index (χ0v) is 10.7. The highest BCUT2D eigenvalue weighted by molar-refractivity contribution is 6.31. The predicted molar refractivity (Wildman–Crippen MR) is 68.6 cm³/mol. The van der Waals surface area contributed by atoms with E-state index in [1.165, 1.54) is 0 Å². The molecule has 1 N–H and O–H groups in total. The number of carbonyl (C=O) groups excluding carboxylic acids is 1. The summed E-state index contributed by atoms with van der Waals surface area (Å²) in [6.07, 6.45) is 0.812. The summed E-state index contributed by atoms with van der Waals surface area (Å²) >= 11 is 5.92. The summed E-state index contributed by atoms with van der Waals surface area (Å²) in [6.45, 7) is 2.25. The molecule has 94 valence electrons. The van der Waals surface area contributed by atoms with Crippen molar-refractivity contribution < 1.29 is 9.53 Å². The summed E-state index contributed by atoms with van der Waals surface area (Å²) < 4.78 is 5.01. The van der Waals surface area contributed by atoms with E-state index in [0.717, 1.165) is 23.3 Å². The fraction of sp³-hybridized carbons (Fsp3) is 0.385. The molecule has 4 nitrogen and oxygen atoms in total. The van der Waals surface area contributed by atoms with Crippen LogP contribution in [0.3, 0.4) is 0 Å². The molecule has 0 radical (unpaired) electrons. The lowest BCUT2D eigenvalue weighted by atomic mass is 10.3. The predicted octanol–water partition coefficient (Wildman–Crippen LogP) is 2.88. The van der Waals surface area contributed by atoms with Crippen molar-refractivity contribution in [3.8, 4) is 0 Å². The van der Waals surface area contributed by atoms with Gasteiger partial charge in [0.05, 0.1) is 23.6 Å². The molecule has 1 aliphatic rings. The number of imidazole rings is 1. The number of H-pyrrole nitrogens is 1. The van der Waals surface area contributed by atoms with Gasteiger partial charge in [-0.2, -0.15) is 0 Å². The largest absolute Gasteiger partial charge is 0.466 e. The van der Waals surface area contributed by atoms with E-state index in [2.05, 4.69) is 9.97 Å². The number of nitrogens with zero attached hydrogens (tertiary/aromatic N) is 1. The highest BCUT2D eigenvalue weighted by atomic mass is 35.5. The van der Waals surface area contributed by atoms with Gasteiger partial charge >= 0.3 is 5.97 Å². The number of aromatic amines is 1. The first kappa shape index (κ1) is 11.5. The molecule has 0 spiro atoms. The Labute approximate surface area is 109 Å². The van der Waals surface area contributed by atoms with Crippen molar-refractivity contribution in [3.63, 3.8) is 0 Å². The van der Waals surface area contributed by atoms with Crippen molar-refractivity contribution in [2.75, 3.05) is 6.61 Å². The van der Waals surface area contributed by atoms with Gasteiger partial charge in [0.15, 0.2) is 0 Å². The number of hydrogen-bond acceptors (Lipinski definition) is 3. The van der Waals surface area contributed by atoms with Gasteiger partial charge in [0, 0.05) is 10.9 Å². The molecule has 0 amide bonds. The van der Waals surface area contributed by atoms with Crippen molar-refractivity contribution in [2.24, 2.45) is 5.92 Å². The second kappa shape index (κ2) is 4.28. The molecule has 2 atom stereocenters. The third-order valence-electron chi connectivity index (χ3n) is 3.19. The number of hydrogen-bond donors (Lipinski definition) is 1. The van der Waals surface area contributed by atoms with E-state index < -0.39 is 0 Å². The zero-order valence-electron chi connectivity index (χ0n) is 9.94. The fourth-order valence-electron chi connectivity index (χ4n) is 2.18. The Bertz CT molecular complexity index is 608. The van der Waals surface area contributed by atoms with Crippen LogP contribution in [0.15, 0.2) is 18.2 Å². The highest BCUT2D eigenvalue weighted by Gasteiger charge is 2.47. The lowest BCUT2D eigenvalue weighted by molar-refractivity contribution is -0.144. The van der Waals surface area contributed by atoms with Gasteiger partial charge in [0.2, 0.25) is 0 Å². The smallest absolute Gasteiger partial charge is 0.309 e. The lowest BCUT2D eigenvalue weighted by Gasteiger charge is -1.98. The van der Waals surface area contributed by atoms with Crippen molar-refractivity contribution in [1.29, 1.82) is 0 Å².